The van der Waals surface area contributed by atoms with Gasteiger partial charge in [-0.05, 0) is 18.2 Å². The fourth-order valence-electron chi connectivity index (χ4n) is 2.99. The van der Waals surface area contributed by atoms with Gasteiger partial charge in [0.25, 0.3) is 0 Å². The SMILES string of the molecule is CN(CC(=O)NCc1ccco1)c1nc(-c2ccccc2)c2ccccc2n1. The molecule has 6 nitrogen and oxygen atoms in total. The molecule has 0 atom stereocenters. The zero-order valence-corrected chi connectivity index (χ0v) is 15.5. The fourth-order valence-corrected chi connectivity index (χ4v) is 2.99. The smallest absolute Gasteiger partial charge is 0.239 e. The number of para-hydroxylation sites is 1. The molecular formula is C22H20N4O2. The lowest BCUT2D eigenvalue weighted by atomic mass is 10.1. The van der Waals surface area contributed by atoms with E-state index < -0.39 is 0 Å². The predicted octanol–water partition coefficient (Wildman–Crippen LogP) is 3.64. The number of nitrogens with zero attached hydrogens (tertiary/aromatic N) is 3. The number of likely N-dealkylation sites (N-methyl/N-ethyl adjacent to an activating group) is 1. The standard InChI is InChI=1S/C22H20N4O2/c1-26(15-20(27)23-14-17-10-7-13-28-17)22-24-19-12-6-5-11-18(19)21(25-22)16-8-3-2-4-9-16/h2-13H,14-15H2,1H3,(H,23,27). The van der Waals surface area contributed by atoms with Crippen LogP contribution in [0.3, 0.4) is 0 Å². The summed E-state index contributed by atoms with van der Waals surface area (Å²) >= 11 is 0. The van der Waals surface area contributed by atoms with E-state index in [1.165, 1.54) is 0 Å². The van der Waals surface area contributed by atoms with Crippen molar-refractivity contribution in [1.82, 2.24) is 15.3 Å². The summed E-state index contributed by atoms with van der Waals surface area (Å²) in [6.07, 6.45) is 1.58. The molecule has 0 bridgehead atoms. The number of furan rings is 1. The summed E-state index contributed by atoms with van der Waals surface area (Å²) in [5, 5.41) is 3.82. The van der Waals surface area contributed by atoms with Crippen molar-refractivity contribution in [3.63, 3.8) is 0 Å². The van der Waals surface area contributed by atoms with E-state index in [0.29, 0.717) is 18.3 Å². The van der Waals surface area contributed by atoms with Gasteiger partial charge < -0.3 is 14.6 Å². The predicted molar refractivity (Wildman–Crippen MR) is 109 cm³/mol. The number of anilines is 1. The van der Waals surface area contributed by atoms with Gasteiger partial charge in [-0.2, -0.15) is 0 Å². The average molecular weight is 372 g/mol. The lowest BCUT2D eigenvalue weighted by Gasteiger charge is -2.18. The molecule has 2 aromatic heterocycles. The number of carbonyl (C=O) groups is 1. The highest BCUT2D eigenvalue weighted by atomic mass is 16.3. The van der Waals surface area contributed by atoms with E-state index in [9.17, 15) is 4.79 Å². The van der Waals surface area contributed by atoms with Crippen LogP contribution >= 0.6 is 0 Å². The van der Waals surface area contributed by atoms with Crippen LogP contribution in [0, 0.1) is 0 Å². The van der Waals surface area contributed by atoms with Crippen LogP contribution in [-0.2, 0) is 11.3 Å². The lowest BCUT2D eigenvalue weighted by molar-refractivity contribution is -0.120. The van der Waals surface area contributed by atoms with Gasteiger partial charge >= 0.3 is 0 Å². The molecule has 0 fully saturated rings. The Morgan fingerprint density at radius 2 is 1.79 bits per heavy atom. The summed E-state index contributed by atoms with van der Waals surface area (Å²) in [5.74, 6) is 1.09. The Hall–Kier alpha value is -3.67. The normalized spacial score (nSPS) is 10.8. The Morgan fingerprint density at radius 3 is 2.57 bits per heavy atom. The van der Waals surface area contributed by atoms with Crippen molar-refractivity contribution in [2.75, 3.05) is 18.5 Å². The van der Waals surface area contributed by atoms with Crippen molar-refractivity contribution < 1.29 is 9.21 Å². The summed E-state index contributed by atoms with van der Waals surface area (Å²) in [6.45, 7) is 0.501. The van der Waals surface area contributed by atoms with E-state index in [4.69, 9.17) is 9.40 Å². The second-order valence-corrected chi connectivity index (χ2v) is 6.47. The van der Waals surface area contributed by atoms with E-state index >= 15 is 0 Å². The van der Waals surface area contributed by atoms with Crippen molar-refractivity contribution in [1.29, 1.82) is 0 Å². The Balaban J connectivity index is 1.58. The van der Waals surface area contributed by atoms with Crippen molar-refractivity contribution in [3.05, 3.63) is 78.8 Å². The molecule has 1 N–H and O–H groups in total. The molecular weight excluding hydrogens is 352 g/mol. The Morgan fingerprint density at radius 1 is 1.00 bits per heavy atom. The summed E-state index contributed by atoms with van der Waals surface area (Å²) in [7, 11) is 1.81. The topological polar surface area (TPSA) is 71.3 Å². The first-order chi connectivity index (χ1) is 13.7. The molecule has 0 spiro atoms. The third-order valence-electron chi connectivity index (χ3n) is 4.40. The van der Waals surface area contributed by atoms with Crippen LogP contribution in [0.1, 0.15) is 5.76 Å². The molecule has 28 heavy (non-hydrogen) atoms. The number of benzene rings is 2. The third-order valence-corrected chi connectivity index (χ3v) is 4.40. The molecule has 6 heteroatoms. The Bertz CT molecular complexity index is 1080. The third kappa shape index (κ3) is 3.86. The monoisotopic (exact) mass is 372 g/mol. The maximum atomic E-state index is 12.3. The average Bonchev–Trinajstić information content (AvgIpc) is 3.26. The van der Waals surface area contributed by atoms with Gasteiger partial charge in [-0.3, -0.25) is 4.79 Å². The number of nitrogens with one attached hydrogen (secondary N) is 1. The van der Waals surface area contributed by atoms with Crippen molar-refractivity contribution in [3.8, 4) is 11.3 Å². The van der Waals surface area contributed by atoms with Crippen LogP contribution < -0.4 is 10.2 Å². The van der Waals surface area contributed by atoms with E-state index in [1.807, 2.05) is 67.7 Å². The summed E-state index contributed by atoms with van der Waals surface area (Å²) in [4.78, 5) is 23.4. The largest absolute Gasteiger partial charge is 0.467 e. The van der Waals surface area contributed by atoms with Crippen LogP contribution in [0.5, 0.6) is 0 Å². The summed E-state index contributed by atoms with van der Waals surface area (Å²) < 4.78 is 5.23. The number of rotatable bonds is 6. The molecule has 0 unspecified atom stereocenters. The Labute approximate surface area is 162 Å². The van der Waals surface area contributed by atoms with Gasteiger partial charge in [0, 0.05) is 18.0 Å². The molecule has 2 aromatic carbocycles. The van der Waals surface area contributed by atoms with E-state index in [2.05, 4.69) is 10.3 Å². The van der Waals surface area contributed by atoms with Crippen molar-refractivity contribution in [2.45, 2.75) is 6.54 Å². The van der Waals surface area contributed by atoms with E-state index in [-0.39, 0.29) is 12.5 Å². The first-order valence-corrected chi connectivity index (χ1v) is 9.03. The van der Waals surface area contributed by atoms with Gasteiger partial charge in [-0.25, -0.2) is 9.97 Å². The van der Waals surface area contributed by atoms with Crippen LogP contribution in [0.2, 0.25) is 0 Å². The van der Waals surface area contributed by atoms with Crippen LogP contribution in [0.25, 0.3) is 22.2 Å². The molecule has 0 saturated carbocycles. The van der Waals surface area contributed by atoms with Crippen LogP contribution in [-0.4, -0.2) is 29.5 Å². The van der Waals surface area contributed by atoms with Crippen molar-refractivity contribution >= 4 is 22.8 Å². The molecule has 0 radical (unpaired) electrons. The first kappa shape index (κ1) is 17.7. The zero-order valence-electron chi connectivity index (χ0n) is 15.5. The molecule has 0 saturated heterocycles. The summed E-state index contributed by atoms with van der Waals surface area (Å²) in [5.41, 5.74) is 2.70. The minimum Gasteiger partial charge on any atom is -0.467 e. The number of amides is 1. The van der Waals surface area contributed by atoms with Crippen LogP contribution in [0.15, 0.2) is 77.4 Å². The molecule has 0 aliphatic carbocycles. The Kier molecular flexibility index (Phi) is 5.01. The van der Waals surface area contributed by atoms with E-state index in [1.54, 1.807) is 17.2 Å². The maximum Gasteiger partial charge on any atom is 0.239 e. The van der Waals surface area contributed by atoms with Gasteiger partial charge in [-0.1, -0.05) is 48.5 Å². The molecule has 2 heterocycles. The first-order valence-electron chi connectivity index (χ1n) is 9.03. The zero-order chi connectivity index (χ0) is 19.3. The van der Waals surface area contributed by atoms with Gasteiger partial charge in [0.05, 0.1) is 30.6 Å². The molecule has 4 aromatic rings. The second kappa shape index (κ2) is 7.92. The molecule has 0 aliphatic rings. The highest BCUT2D eigenvalue weighted by molar-refractivity contribution is 5.93. The molecule has 140 valence electrons. The quantitative estimate of drug-likeness (QED) is 0.559. The number of hydrogen-bond donors (Lipinski definition) is 1. The number of fused-ring (bicyclic) bond motifs is 1. The maximum absolute atomic E-state index is 12.3. The highest BCUT2D eigenvalue weighted by Crippen LogP contribution is 2.27. The summed E-state index contributed by atoms with van der Waals surface area (Å²) in [6, 6.07) is 21.5. The number of hydrogen-bond acceptors (Lipinski definition) is 5. The lowest BCUT2D eigenvalue weighted by Crippen LogP contribution is -2.35. The highest BCUT2D eigenvalue weighted by Gasteiger charge is 2.14. The number of carbonyl (C=O) groups excluding carboxylic acids is 1. The van der Waals surface area contributed by atoms with E-state index in [0.717, 1.165) is 22.2 Å². The van der Waals surface area contributed by atoms with Gasteiger partial charge in [-0.15, -0.1) is 0 Å². The molecule has 1 amide bonds. The van der Waals surface area contributed by atoms with Crippen LogP contribution in [0.4, 0.5) is 5.95 Å². The minimum absolute atomic E-state index is 0.128. The van der Waals surface area contributed by atoms with Gasteiger partial charge in [0.1, 0.15) is 5.76 Å². The minimum atomic E-state index is -0.128. The molecule has 0 aliphatic heterocycles. The van der Waals surface area contributed by atoms with Crippen molar-refractivity contribution in [2.24, 2.45) is 0 Å². The van der Waals surface area contributed by atoms with Gasteiger partial charge in [0.15, 0.2) is 0 Å². The van der Waals surface area contributed by atoms with Gasteiger partial charge in [0.2, 0.25) is 11.9 Å². The second-order valence-electron chi connectivity index (χ2n) is 6.47. The molecule has 4 rings (SSSR count). The fraction of sp³-hybridized carbons (Fsp3) is 0.136. The number of aromatic nitrogens is 2.